The van der Waals surface area contributed by atoms with Gasteiger partial charge in [0, 0.05) is 61.3 Å². The lowest BCUT2D eigenvalue weighted by atomic mass is 9.94. The SMILES string of the molecule is COc1cc2oc3c(c2cc1/C(C)=C/C(=O)N1CCN(S(C)(=O)=O)CC1)CCCC3. The molecule has 2 aromatic rings. The van der Waals surface area contributed by atoms with E-state index in [0.717, 1.165) is 53.5 Å². The van der Waals surface area contributed by atoms with Crippen LogP contribution >= 0.6 is 0 Å². The molecule has 0 saturated carbocycles. The number of ether oxygens (including phenoxy) is 1. The molecule has 0 atom stereocenters. The number of aryl methyl sites for hydroxylation is 2. The molecule has 1 fully saturated rings. The molecule has 1 aliphatic heterocycles. The topological polar surface area (TPSA) is 80.1 Å². The summed E-state index contributed by atoms with van der Waals surface area (Å²) >= 11 is 0. The van der Waals surface area contributed by atoms with Gasteiger partial charge in [-0.3, -0.25) is 4.79 Å². The van der Waals surface area contributed by atoms with Gasteiger partial charge in [0.05, 0.1) is 13.4 Å². The predicted molar refractivity (Wildman–Crippen MR) is 116 cm³/mol. The maximum Gasteiger partial charge on any atom is 0.246 e. The van der Waals surface area contributed by atoms with E-state index < -0.39 is 10.0 Å². The van der Waals surface area contributed by atoms with Crippen molar-refractivity contribution in [3.8, 4) is 5.75 Å². The Balaban J connectivity index is 1.59. The smallest absolute Gasteiger partial charge is 0.246 e. The van der Waals surface area contributed by atoms with Crippen molar-refractivity contribution in [3.05, 3.63) is 35.1 Å². The van der Waals surface area contributed by atoms with Crippen LogP contribution in [0.5, 0.6) is 5.75 Å². The van der Waals surface area contributed by atoms with Crippen molar-refractivity contribution in [3.63, 3.8) is 0 Å². The number of sulfonamides is 1. The van der Waals surface area contributed by atoms with E-state index in [9.17, 15) is 13.2 Å². The standard InChI is InChI=1S/C22H28N2O5S/c1-15(12-22(25)23-8-10-24(11-9-23)30(3,26)27)17-13-18-16-6-4-5-7-19(16)29-21(18)14-20(17)28-2/h12-14H,4-11H2,1-3H3/b15-12+. The number of piperazine rings is 1. The van der Waals surface area contributed by atoms with Crippen LogP contribution in [-0.2, 0) is 27.7 Å². The highest BCUT2D eigenvalue weighted by atomic mass is 32.2. The van der Waals surface area contributed by atoms with Crippen molar-refractivity contribution in [2.24, 2.45) is 0 Å². The Kier molecular flexibility index (Phi) is 5.63. The fourth-order valence-corrected chi connectivity index (χ4v) is 5.19. The molecule has 1 aliphatic carbocycles. The first-order chi connectivity index (χ1) is 14.3. The second-order valence-electron chi connectivity index (χ2n) is 8.07. The monoisotopic (exact) mass is 432 g/mol. The Morgan fingerprint density at radius 1 is 1.13 bits per heavy atom. The summed E-state index contributed by atoms with van der Waals surface area (Å²) in [6.07, 6.45) is 7.11. The van der Waals surface area contributed by atoms with Crippen LogP contribution in [0.1, 0.15) is 36.7 Å². The minimum Gasteiger partial charge on any atom is -0.496 e. The molecule has 0 unspecified atom stereocenters. The highest BCUT2D eigenvalue weighted by Crippen LogP contribution is 2.37. The van der Waals surface area contributed by atoms with Crippen LogP contribution in [0.4, 0.5) is 0 Å². The maximum absolute atomic E-state index is 12.8. The largest absolute Gasteiger partial charge is 0.496 e. The lowest BCUT2D eigenvalue weighted by molar-refractivity contribution is -0.127. The van der Waals surface area contributed by atoms with E-state index in [4.69, 9.17) is 9.15 Å². The second kappa shape index (κ2) is 8.07. The zero-order chi connectivity index (χ0) is 21.5. The number of rotatable bonds is 4. The molecule has 0 bridgehead atoms. The lowest BCUT2D eigenvalue weighted by Crippen LogP contribution is -2.49. The number of fused-ring (bicyclic) bond motifs is 3. The van der Waals surface area contributed by atoms with Gasteiger partial charge >= 0.3 is 0 Å². The molecule has 1 aromatic carbocycles. The normalized spacial score (nSPS) is 18.5. The Hall–Kier alpha value is -2.32. The Morgan fingerprint density at radius 2 is 1.83 bits per heavy atom. The average Bonchev–Trinajstić information content (AvgIpc) is 3.09. The summed E-state index contributed by atoms with van der Waals surface area (Å²) in [6, 6.07) is 3.98. The molecule has 2 aliphatic rings. The lowest BCUT2D eigenvalue weighted by Gasteiger charge is -2.32. The minimum atomic E-state index is -3.22. The zero-order valence-electron chi connectivity index (χ0n) is 17.7. The molecule has 1 aromatic heterocycles. The molecule has 7 nitrogen and oxygen atoms in total. The number of carbonyl (C=O) groups is 1. The third-order valence-corrected chi connectivity index (χ3v) is 7.36. The number of hydrogen-bond acceptors (Lipinski definition) is 5. The quantitative estimate of drug-likeness (QED) is 0.694. The fourth-order valence-electron chi connectivity index (χ4n) is 4.36. The number of amides is 1. The molecular formula is C22H28N2O5S. The highest BCUT2D eigenvalue weighted by molar-refractivity contribution is 7.88. The van der Waals surface area contributed by atoms with Gasteiger partial charge in [0.1, 0.15) is 17.1 Å². The van der Waals surface area contributed by atoms with E-state index >= 15 is 0 Å². The molecular weight excluding hydrogens is 404 g/mol. The minimum absolute atomic E-state index is 0.114. The first-order valence-corrected chi connectivity index (χ1v) is 12.2. The van der Waals surface area contributed by atoms with Crippen molar-refractivity contribution < 1.29 is 22.4 Å². The van der Waals surface area contributed by atoms with E-state index in [2.05, 4.69) is 6.07 Å². The van der Waals surface area contributed by atoms with E-state index in [1.165, 1.54) is 16.1 Å². The van der Waals surface area contributed by atoms with E-state index in [1.807, 2.05) is 13.0 Å². The number of carbonyl (C=O) groups excluding carboxylic acids is 1. The highest BCUT2D eigenvalue weighted by Gasteiger charge is 2.26. The van der Waals surface area contributed by atoms with Crippen molar-refractivity contribution in [2.45, 2.75) is 32.6 Å². The molecule has 162 valence electrons. The summed E-state index contributed by atoms with van der Waals surface area (Å²) in [7, 11) is -1.60. The Bertz CT molecular complexity index is 1110. The van der Waals surface area contributed by atoms with Crippen molar-refractivity contribution in [2.75, 3.05) is 39.5 Å². The van der Waals surface area contributed by atoms with Crippen LogP contribution in [0.2, 0.25) is 0 Å². The third-order valence-electron chi connectivity index (χ3n) is 6.06. The number of allylic oxidation sites excluding steroid dienone is 1. The van der Waals surface area contributed by atoms with Crippen molar-refractivity contribution in [1.82, 2.24) is 9.21 Å². The van der Waals surface area contributed by atoms with Crippen LogP contribution < -0.4 is 4.74 Å². The van der Waals surface area contributed by atoms with E-state index in [-0.39, 0.29) is 5.91 Å². The van der Waals surface area contributed by atoms with Gasteiger partial charge in [0.25, 0.3) is 0 Å². The second-order valence-corrected chi connectivity index (χ2v) is 10.1. The van der Waals surface area contributed by atoms with Crippen LogP contribution in [0.15, 0.2) is 22.6 Å². The summed E-state index contributed by atoms with van der Waals surface area (Å²) in [5.41, 5.74) is 3.80. The van der Waals surface area contributed by atoms with Gasteiger partial charge < -0.3 is 14.1 Å². The summed E-state index contributed by atoms with van der Waals surface area (Å²) in [5, 5.41) is 1.10. The number of furan rings is 1. The molecule has 0 spiro atoms. The summed E-state index contributed by atoms with van der Waals surface area (Å²) in [4.78, 5) is 14.5. The molecule has 1 saturated heterocycles. The maximum atomic E-state index is 12.8. The Labute approximate surface area is 177 Å². The number of methoxy groups -OCH3 is 1. The van der Waals surface area contributed by atoms with Gasteiger partial charge in [0.2, 0.25) is 15.9 Å². The average molecular weight is 433 g/mol. The summed E-state index contributed by atoms with van der Waals surface area (Å²) in [5.74, 6) is 1.63. The van der Waals surface area contributed by atoms with Gasteiger partial charge in [-0.1, -0.05) is 0 Å². The molecule has 2 heterocycles. The fraction of sp³-hybridized carbons (Fsp3) is 0.500. The number of nitrogens with zero attached hydrogens (tertiary/aromatic N) is 2. The Morgan fingerprint density at radius 3 is 2.50 bits per heavy atom. The first-order valence-electron chi connectivity index (χ1n) is 10.3. The van der Waals surface area contributed by atoms with Crippen LogP contribution in [0.3, 0.4) is 0 Å². The van der Waals surface area contributed by atoms with Gasteiger partial charge in [0.15, 0.2) is 0 Å². The van der Waals surface area contributed by atoms with E-state index in [1.54, 1.807) is 18.1 Å². The van der Waals surface area contributed by atoms with Gasteiger partial charge in [-0.2, -0.15) is 4.31 Å². The number of benzene rings is 1. The van der Waals surface area contributed by atoms with Crippen molar-refractivity contribution >= 4 is 32.5 Å². The van der Waals surface area contributed by atoms with Crippen LogP contribution in [0.25, 0.3) is 16.5 Å². The van der Waals surface area contributed by atoms with Gasteiger partial charge in [-0.25, -0.2) is 8.42 Å². The molecule has 8 heteroatoms. The van der Waals surface area contributed by atoms with Crippen LogP contribution in [0, 0.1) is 0 Å². The summed E-state index contributed by atoms with van der Waals surface area (Å²) in [6.45, 7) is 3.34. The third kappa shape index (κ3) is 3.98. The molecule has 30 heavy (non-hydrogen) atoms. The van der Waals surface area contributed by atoms with Crippen LogP contribution in [-0.4, -0.2) is 63.1 Å². The first kappa shape index (κ1) is 20.9. The molecule has 0 N–H and O–H groups in total. The van der Waals surface area contributed by atoms with Gasteiger partial charge in [-0.15, -0.1) is 0 Å². The molecule has 4 rings (SSSR count). The molecule has 1 amide bonds. The van der Waals surface area contributed by atoms with E-state index in [0.29, 0.717) is 31.9 Å². The zero-order valence-corrected chi connectivity index (χ0v) is 18.5. The number of hydrogen-bond donors (Lipinski definition) is 0. The van der Waals surface area contributed by atoms with Crippen molar-refractivity contribution in [1.29, 1.82) is 0 Å². The predicted octanol–water partition coefficient (Wildman–Crippen LogP) is 2.83. The summed E-state index contributed by atoms with van der Waals surface area (Å²) < 4.78 is 36.4. The van der Waals surface area contributed by atoms with Gasteiger partial charge in [-0.05, 0) is 37.8 Å². The molecule has 0 radical (unpaired) electrons.